The monoisotopic (exact) mass is 166 g/mol. The Morgan fingerprint density at radius 1 is 1.67 bits per heavy atom. The number of aldehydes is 1. The molecule has 0 aromatic heterocycles. The highest BCUT2D eigenvalue weighted by atomic mass is 16.5. The van der Waals surface area contributed by atoms with E-state index in [0.29, 0.717) is 0 Å². The first-order valence-electron chi connectivity index (χ1n) is 4.37. The van der Waals surface area contributed by atoms with Crippen LogP contribution in [-0.2, 0) is 9.53 Å². The van der Waals surface area contributed by atoms with E-state index < -0.39 is 5.60 Å². The van der Waals surface area contributed by atoms with Crippen LogP contribution in [0.1, 0.15) is 32.1 Å². The summed E-state index contributed by atoms with van der Waals surface area (Å²) in [6.07, 6.45) is 10.3. The summed E-state index contributed by atoms with van der Waals surface area (Å²) in [7, 11) is 0. The third-order valence-corrected chi connectivity index (χ3v) is 2.27. The molecule has 1 atom stereocenters. The molecule has 1 aliphatic rings. The van der Waals surface area contributed by atoms with Crippen molar-refractivity contribution in [2.45, 2.75) is 37.7 Å². The molecular weight excluding hydrogens is 152 g/mol. The van der Waals surface area contributed by atoms with Gasteiger partial charge in [0.2, 0.25) is 0 Å². The Balaban J connectivity index is 2.35. The average Bonchev–Trinajstić information content (AvgIpc) is 2.55. The van der Waals surface area contributed by atoms with Crippen LogP contribution in [0, 0.1) is 12.3 Å². The molecule has 0 saturated carbocycles. The predicted molar refractivity (Wildman–Crippen MR) is 46.7 cm³/mol. The van der Waals surface area contributed by atoms with Crippen LogP contribution >= 0.6 is 0 Å². The largest absolute Gasteiger partial charge is 0.368 e. The highest BCUT2D eigenvalue weighted by Crippen LogP contribution is 2.28. The Hall–Kier alpha value is -0.810. The van der Waals surface area contributed by atoms with E-state index in [0.717, 1.165) is 45.0 Å². The maximum Gasteiger partial charge on any atom is 0.151 e. The van der Waals surface area contributed by atoms with E-state index in [-0.39, 0.29) is 0 Å². The smallest absolute Gasteiger partial charge is 0.151 e. The van der Waals surface area contributed by atoms with E-state index in [9.17, 15) is 4.79 Å². The maximum absolute atomic E-state index is 10.7. The van der Waals surface area contributed by atoms with E-state index in [1.165, 1.54) is 0 Å². The standard InChI is InChI=1S/C10H14O2/c1-2-3-4-6-10(9-11)7-5-8-12-10/h1,9H,3-8H2. The molecule has 1 rings (SSSR count). The molecule has 2 heteroatoms. The molecule has 1 heterocycles. The minimum Gasteiger partial charge on any atom is -0.368 e. The minimum absolute atomic E-state index is 0.489. The Morgan fingerprint density at radius 2 is 2.50 bits per heavy atom. The van der Waals surface area contributed by atoms with Gasteiger partial charge in [0.25, 0.3) is 0 Å². The summed E-state index contributed by atoms with van der Waals surface area (Å²) in [5.74, 6) is 2.56. The van der Waals surface area contributed by atoms with Gasteiger partial charge in [-0.05, 0) is 25.7 Å². The van der Waals surface area contributed by atoms with Gasteiger partial charge in [-0.1, -0.05) is 0 Å². The summed E-state index contributed by atoms with van der Waals surface area (Å²) in [4.78, 5) is 10.7. The van der Waals surface area contributed by atoms with E-state index in [1.54, 1.807) is 0 Å². The van der Waals surface area contributed by atoms with Crippen LogP contribution in [0.2, 0.25) is 0 Å². The Morgan fingerprint density at radius 3 is 3.00 bits per heavy atom. The van der Waals surface area contributed by atoms with Gasteiger partial charge in [0.15, 0.2) is 6.29 Å². The second-order valence-electron chi connectivity index (χ2n) is 3.19. The van der Waals surface area contributed by atoms with Crippen molar-refractivity contribution in [3.8, 4) is 12.3 Å². The Kier molecular flexibility index (Phi) is 3.31. The molecule has 1 fully saturated rings. The van der Waals surface area contributed by atoms with E-state index in [4.69, 9.17) is 11.2 Å². The van der Waals surface area contributed by atoms with E-state index in [1.807, 2.05) is 0 Å². The molecule has 1 saturated heterocycles. The lowest BCUT2D eigenvalue weighted by Crippen LogP contribution is -2.29. The van der Waals surface area contributed by atoms with E-state index in [2.05, 4.69) is 5.92 Å². The number of terminal acetylenes is 1. The average molecular weight is 166 g/mol. The fraction of sp³-hybridized carbons (Fsp3) is 0.700. The number of hydrogen-bond donors (Lipinski definition) is 0. The highest BCUT2D eigenvalue weighted by Gasteiger charge is 2.33. The summed E-state index contributed by atoms with van der Waals surface area (Å²) < 4.78 is 5.40. The van der Waals surface area contributed by atoms with Crippen LogP contribution in [-0.4, -0.2) is 18.5 Å². The van der Waals surface area contributed by atoms with Crippen molar-refractivity contribution < 1.29 is 9.53 Å². The predicted octanol–water partition coefficient (Wildman–Crippen LogP) is 1.54. The van der Waals surface area contributed by atoms with Crippen molar-refractivity contribution in [2.75, 3.05) is 6.61 Å². The molecular formula is C10H14O2. The van der Waals surface area contributed by atoms with Crippen molar-refractivity contribution in [3.05, 3.63) is 0 Å². The van der Waals surface area contributed by atoms with Crippen LogP contribution in [0.25, 0.3) is 0 Å². The zero-order valence-electron chi connectivity index (χ0n) is 7.21. The summed E-state index contributed by atoms with van der Waals surface area (Å²) in [6, 6.07) is 0. The van der Waals surface area contributed by atoms with Gasteiger partial charge in [-0.25, -0.2) is 0 Å². The number of ether oxygens (including phenoxy) is 1. The van der Waals surface area contributed by atoms with Crippen LogP contribution in [0.3, 0.4) is 0 Å². The summed E-state index contributed by atoms with van der Waals surface area (Å²) in [5, 5.41) is 0. The molecule has 1 unspecified atom stereocenters. The fourth-order valence-corrected chi connectivity index (χ4v) is 1.56. The van der Waals surface area contributed by atoms with Crippen molar-refractivity contribution in [3.63, 3.8) is 0 Å². The number of rotatable bonds is 4. The SMILES string of the molecule is C#CCCCC1(C=O)CCCO1. The highest BCUT2D eigenvalue weighted by molar-refractivity contribution is 5.62. The van der Waals surface area contributed by atoms with Crippen molar-refractivity contribution in [2.24, 2.45) is 0 Å². The molecule has 2 nitrogen and oxygen atoms in total. The molecule has 1 aliphatic heterocycles. The van der Waals surface area contributed by atoms with Crippen LogP contribution < -0.4 is 0 Å². The van der Waals surface area contributed by atoms with Crippen molar-refractivity contribution >= 4 is 6.29 Å². The normalized spacial score (nSPS) is 28.2. The van der Waals surface area contributed by atoms with E-state index >= 15 is 0 Å². The number of unbranched alkanes of at least 4 members (excludes halogenated alkanes) is 1. The fourth-order valence-electron chi connectivity index (χ4n) is 1.56. The lowest BCUT2D eigenvalue weighted by Gasteiger charge is -2.20. The zero-order chi connectivity index (χ0) is 8.86. The van der Waals surface area contributed by atoms with Gasteiger partial charge in [0.05, 0.1) is 0 Å². The molecule has 0 bridgehead atoms. The zero-order valence-corrected chi connectivity index (χ0v) is 7.21. The van der Waals surface area contributed by atoms with Crippen molar-refractivity contribution in [1.82, 2.24) is 0 Å². The second-order valence-corrected chi connectivity index (χ2v) is 3.19. The first kappa shape index (κ1) is 9.28. The molecule has 0 aliphatic carbocycles. The van der Waals surface area contributed by atoms with Gasteiger partial charge in [-0.15, -0.1) is 12.3 Å². The lowest BCUT2D eigenvalue weighted by atomic mass is 9.95. The molecule has 0 aromatic carbocycles. The Bertz CT molecular complexity index is 185. The molecule has 0 N–H and O–H groups in total. The molecule has 0 spiro atoms. The lowest BCUT2D eigenvalue weighted by molar-refractivity contribution is -0.126. The number of carbonyl (C=O) groups excluding carboxylic acids is 1. The number of carbonyl (C=O) groups is 1. The third-order valence-electron chi connectivity index (χ3n) is 2.27. The van der Waals surface area contributed by atoms with Gasteiger partial charge in [0, 0.05) is 13.0 Å². The molecule has 66 valence electrons. The van der Waals surface area contributed by atoms with Crippen LogP contribution in [0.4, 0.5) is 0 Å². The van der Waals surface area contributed by atoms with Gasteiger partial charge in [-0.3, -0.25) is 0 Å². The molecule has 0 radical (unpaired) electrons. The molecule has 12 heavy (non-hydrogen) atoms. The summed E-state index contributed by atoms with van der Waals surface area (Å²) >= 11 is 0. The minimum atomic E-state index is -0.489. The first-order valence-corrected chi connectivity index (χ1v) is 4.37. The van der Waals surface area contributed by atoms with Gasteiger partial charge in [0.1, 0.15) is 5.60 Å². The summed E-state index contributed by atoms with van der Waals surface area (Å²) in [5.41, 5.74) is -0.489. The second kappa shape index (κ2) is 4.27. The van der Waals surface area contributed by atoms with Gasteiger partial charge < -0.3 is 9.53 Å². The first-order chi connectivity index (χ1) is 5.83. The van der Waals surface area contributed by atoms with Gasteiger partial charge in [-0.2, -0.15) is 0 Å². The third kappa shape index (κ3) is 2.09. The topological polar surface area (TPSA) is 26.3 Å². The molecule has 0 amide bonds. The maximum atomic E-state index is 10.7. The molecule has 0 aromatic rings. The van der Waals surface area contributed by atoms with Crippen LogP contribution in [0.5, 0.6) is 0 Å². The number of hydrogen-bond acceptors (Lipinski definition) is 2. The quantitative estimate of drug-likeness (QED) is 0.360. The van der Waals surface area contributed by atoms with Gasteiger partial charge >= 0.3 is 0 Å². The summed E-state index contributed by atoms with van der Waals surface area (Å²) in [6.45, 7) is 0.717. The Labute approximate surface area is 73.3 Å². The van der Waals surface area contributed by atoms with Crippen LogP contribution in [0.15, 0.2) is 0 Å². The van der Waals surface area contributed by atoms with Crippen molar-refractivity contribution in [1.29, 1.82) is 0 Å².